The van der Waals surface area contributed by atoms with E-state index in [0.29, 0.717) is 12.1 Å². The molecule has 0 heterocycles. The largest absolute Gasteiger partial charge is 0.636 e. The molecule has 0 aliphatic rings. The van der Waals surface area contributed by atoms with E-state index < -0.39 is 173 Å². The van der Waals surface area contributed by atoms with Crippen LogP contribution >= 0.6 is 0 Å². The third-order valence-electron chi connectivity index (χ3n) is 8.49. The minimum absolute atomic E-state index is 0.310. The first kappa shape index (κ1) is 38.2. The molecule has 0 spiro atoms. The monoisotopic (exact) mass is 816 g/mol. The van der Waals surface area contributed by atoms with E-state index in [0.717, 1.165) is 12.1 Å². The van der Waals surface area contributed by atoms with Crippen molar-refractivity contribution in [2.24, 2.45) is 0 Å². The molecule has 0 radical (unpaired) electrons. The van der Waals surface area contributed by atoms with Crippen LogP contribution in [0.25, 0.3) is 43.4 Å². The molecule has 56 heavy (non-hydrogen) atoms. The molecule has 0 aromatic heterocycles. The van der Waals surface area contributed by atoms with Crippen LogP contribution in [-0.4, -0.2) is 7.12 Å². The highest BCUT2D eigenvalue weighted by Gasteiger charge is 2.43. The van der Waals surface area contributed by atoms with Crippen LogP contribution < -0.4 is 14.8 Å². The molecule has 7 aromatic carbocycles. The Hall–Kier alpha value is -6.09. The fraction of sp³-hybridized carbons (Fsp3) is 0. The predicted octanol–water partition coefficient (Wildman–Crippen LogP) is 10.7. The van der Waals surface area contributed by atoms with Gasteiger partial charge in [-0.1, -0.05) is 18.2 Å². The highest BCUT2D eigenvalue weighted by atomic mass is 19.2. The van der Waals surface area contributed by atoms with Gasteiger partial charge in [-0.05, 0) is 16.8 Å². The van der Waals surface area contributed by atoms with Crippen LogP contribution in [0.1, 0.15) is 0 Å². The number of halogens is 19. The third kappa shape index (κ3) is 5.09. The van der Waals surface area contributed by atoms with Crippen molar-refractivity contribution in [1.82, 2.24) is 0 Å². The van der Waals surface area contributed by atoms with Crippen LogP contribution in [0.5, 0.6) is 11.5 Å². The molecule has 0 aliphatic heterocycles. The van der Waals surface area contributed by atoms with Crippen molar-refractivity contribution in [3.05, 3.63) is 135 Å². The van der Waals surface area contributed by atoms with Crippen LogP contribution in [0.2, 0.25) is 0 Å². The predicted molar refractivity (Wildman–Crippen MR) is 154 cm³/mol. The van der Waals surface area contributed by atoms with E-state index in [1.807, 2.05) is 0 Å². The molecule has 0 atom stereocenters. The number of rotatable bonds is 6. The maximum Gasteiger partial charge on any atom is 0.636 e. The zero-order valence-corrected chi connectivity index (χ0v) is 25.9. The molecule has 22 heteroatoms. The Morgan fingerprint density at radius 3 is 1.23 bits per heavy atom. The van der Waals surface area contributed by atoms with Crippen LogP contribution in [0.15, 0.2) is 24.3 Å². The van der Waals surface area contributed by atoms with Crippen molar-refractivity contribution >= 4 is 44.9 Å². The van der Waals surface area contributed by atoms with Gasteiger partial charge in [-0.25, -0.2) is 70.2 Å². The average molecular weight is 816 g/mol. The molecule has 0 saturated carbocycles. The number of hydrogen-bond acceptors (Lipinski definition) is 2. The Morgan fingerprint density at radius 2 is 0.696 bits per heavy atom. The van der Waals surface area contributed by atoms with Crippen molar-refractivity contribution in [3.63, 3.8) is 0 Å². The summed E-state index contributed by atoms with van der Waals surface area (Å²) in [5.74, 6) is -58.6. The summed E-state index contributed by atoms with van der Waals surface area (Å²) in [6.45, 7) is 0. The summed E-state index contributed by atoms with van der Waals surface area (Å²) in [6.07, 6.45) is 0. The second-order valence-corrected chi connectivity index (χ2v) is 11.4. The van der Waals surface area contributed by atoms with Gasteiger partial charge in [-0.3, -0.25) is 0 Å². The maximum atomic E-state index is 16.2. The first-order valence-electron chi connectivity index (χ1n) is 14.6. The molecule has 0 N–H and O–H groups in total. The average Bonchev–Trinajstić information content (AvgIpc) is 3.17. The van der Waals surface area contributed by atoms with Crippen molar-refractivity contribution in [1.29, 1.82) is 0 Å². The van der Waals surface area contributed by atoms with Crippen LogP contribution in [0, 0.1) is 111 Å². The summed E-state index contributed by atoms with van der Waals surface area (Å²) in [6, 6.07) is 2.78. The minimum Gasteiger partial charge on any atom is -0.519 e. The summed E-state index contributed by atoms with van der Waals surface area (Å²) in [7, 11) is -3.79. The van der Waals surface area contributed by atoms with Gasteiger partial charge in [-0.2, -0.15) is 13.2 Å². The molecule has 0 saturated heterocycles. The number of hydrogen-bond donors (Lipinski definition) is 0. The van der Waals surface area contributed by atoms with E-state index in [4.69, 9.17) is 4.65 Å². The smallest absolute Gasteiger partial charge is 0.519 e. The Labute approximate surface area is 295 Å². The molecule has 288 valence electrons. The molecule has 0 aliphatic carbocycles. The standard InChI is InChI=1S/C34H4BF19O2/c36-7-4-2-5-1-3-6-9-8(5)10(7)15(37)16(38)11(9)17(39)21(43)14(6)35(56-34-31(53)28(50)26(48)29(51)32(34)54)55-33-13(20(42)24(46)27(49)30(33)52)12-18(40)22(44)25(47)23(45)19(12)41/h1-4H. The zero-order valence-electron chi connectivity index (χ0n) is 25.9. The normalized spacial score (nSPS) is 11.8. The highest BCUT2D eigenvalue weighted by molar-refractivity contribution is 6.66. The van der Waals surface area contributed by atoms with Gasteiger partial charge in [0.25, 0.3) is 0 Å². The maximum absolute atomic E-state index is 16.2. The fourth-order valence-corrected chi connectivity index (χ4v) is 6.02. The van der Waals surface area contributed by atoms with E-state index in [9.17, 15) is 57.1 Å². The van der Waals surface area contributed by atoms with Crippen molar-refractivity contribution in [2.75, 3.05) is 0 Å². The van der Waals surface area contributed by atoms with Gasteiger partial charge in [0.15, 0.2) is 69.7 Å². The van der Waals surface area contributed by atoms with Gasteiger partial charge in [0.1, 0.15) is 5.82 Å². The molecular weight excluding hydrogens is 812 g/mol. The molecule has 7 aromatic rings. The van der Waals surface area contributed by atoms with Crippen molar-refractivity contribution < 1.29 is 92.7 Å². The molecular formula is C34H4BF19O2. The van der Waals surface area contributed by atoms with Crippen LogP contribution in [0.4, 0.5) is 83.4 Å². The summed E-state index contributed by atoms with van der Waals surface area (Å²) in [4.78, 5) is 0. The SMILES string of the molecule is Fc1c(F)c(F)c(OB(Oc2c(F)c(F)c(F)c(F)c2-c2c(F)c(F)c(F)c(F)c2F)c2c(F)c(F)c3c(F)c(F)c4c(F)ccc5ccc2c3c54)c(F)c1F. The summed E-state index contributed by atoms with van der Waals surface area (Å²) in [5, 5.41) is -6.42. The lowest BCUT2D eigenvalue weighted by atomic mass is 9.73. The molecule has 0 fully saturated rings. The van der Waals surface area contributed by atoms with E-state index in [-0.39, 0.29) is 5.39 Å². The van der Waals surface area contributed by atoms with Gasteiger partial charge in [0.05, 0.1) is 27.4 Å². The van der Waals surface area contributed by atoms with Gasteiger partial charge in [0, 0.05) is 10.8 Å². The summed E-state index contributed by atoms with van der Waals surface area (Å²) in [5.41, 5.74) is -7.25. The van der Waals surface area contributed by atoms with E-state index in [1.54, 1.807) is 0 Å². The Balaban J connectivity index is 1.64. The second kappa shape index (κ2) is 13.0. The first-order valence-corrected chi connectivity index (χ1v) is 14.6. The van der Waals surface area contributed by atoms with Crippen molar-refractivity contribution in [2.45, 2.75) is 0 Å². The van der Waals surface area contributed by atoms with E-state index >= 15 is 26.3 Å². The molecule has 0 bridgehead atoms. The Morgan fingerprint density at radius 1 is 0.304 bits per heavy atom. The van der Waals surface area contributed by atoms with E-state index in [1.165, 1.54) is 0 Å². The number of benzene rings is 7. The lowest BCUT2D eigenvalue weighted by Crippen LogP contribution is -2.46. The van der Waals surface area contributed by atoms with Gasteiger partial charge < -0.3 is 9.31 Å². The second-order valence-electron chi connectivity index (χ2n) is 11.4. The lowest BCUT2D eigenvalue weighted by molar-refractivity contribution is 0.328. The Bertz CT molecular complexity index is 2820. The minimum atomic E-state index is -3.79. The molecule has 7 rings (SSSR count). The Kier molecular flexibility index (Phi) is 8.87. The molecule has 0 amide bonds. The van der Waals surface area contributed by atoms with Crippen LogP contribution in [0.3, 0.4) is 0 Å². The van der Waals surface area contributed by atoms with Gasteiger partial charge in [0.2, 0.25) is 46.5 Å². The first-order chi connectivity index (χ1) is 26.2. The lowest BCUT2D eigenvalue weighted by Gasteiger charge is -2.24. The third-order valence-corrected chi connectivity index (χ3v) is 8.49. The van der Waals surface area contributed by atoms with Gasteiger partial charge in [-0.15, -0.1) is 0 Å². The highest BCUT2D eigenvalue weighted by Crippen LogP contribution is 2.45. The van der Waals surface area contributed by atoms with Crippen LogP contribution in [-0.2, 0) is 0 Å². The van der Waals surface area contributed by atoms with Crippen molar-refractivity contribution in [3.8, 4) is 22.6 Å². The summed E-state index contributed by atoms with van der Waals surface area (Å²) >= 11 is 0. The van der Waals surface area contributed by atoms with E-state index in [2.05, 4.69) is 4.65 Å². The topological polar surface area (TPSA) is 18.5 Å². The van der Waals surface area contributed by atoms with Gasteiger partial charge >= 0.3 is 7.12 Å². The molecule has 0 unspecified atom stereocenters. The fourth-order valence-electron chi connectivity index (χ4n) is 6.02. The zero-order chi connectivity index (χ0) is 41.1. The quantitative estimate of drug-likeness (QED) is 0.0547. The summed E-state index contributed by atoms with van der Waals surface area (Å²) < 4.78 is 292. The molecule has 2 nitrogen and oxygen atoms in total.